The van der Waals surface area contributed by atoms with E-state index in [2.05, 4.69) is 6.07 Å². The summed E-state index contributed by atoms with van der Waals surface area (Å²) in [5.41, 5.74) is 0.874. The molecule has 0 heterocycles. The van der Waals surface area contributed by atoms with Crippen molar-refractivity contribution >= 4 is 34.0 Å². The minimum Gasteiger partial charge on any atom is -0.254 e. The molecule has 2 unspecified atom stereocenters. The van der Waals surface area contributed by atoms with E-state index in [1.165, 1.54) is 0 Å². The van der Waals surface area contributed by atoms with Gasteiger partial charge in [-0.3, -0.25) is 4.21 Å². The Morgan fingerprint density at radius 2 is 1.80 bits per heavy atom. The monoisotopic (exact) mass is 323 g/mol. The molecule has 2 rings (SSSR count). The Balaban J connectivity index is 2.37. The Labute approximate surface area is 130 Å². The lowest BCUT2D eigenvalue weighted by atomic mass is 10.1. The Morgan fingerprint density at radius 1 is 1.10 bits per heavy atom. The molecule has 2 atom stereocenters. The molecule has 0 N–H and O–H groups in total. The third-order valence-electron chi connectivity index (χ3n) is 2.83. The van der Waals surface area contributed by atoms with Crippen LogP contribution < -0.4 is 0 Å². The third-order valence-corrected chi connectivity index (χ3v) is 5.24. The van der Waals surface area contributed by atoms with Gasteiger partial charge in [-0.1, -0.05) is 53.5 Å². The molecule has 0 saturated heterocycles. The fourth-order valence-corrected chi connectivity index (χ4v) is 3.59. The van der Waals surface area contributed by atoms with Crippen LogP contribution in [0.25, 0.3) is 0 Å². The number of rotatable bonds is 4. The first-order valence-corrected chi connectivity index (χ1v) is 7.88. The molecular formula is C15H11Cl2NOS. The number of nitriles is 1. The van der Waals surface area contributed by atoms with E-state index in [0.29, 0.717) is 14.9 Å². The van der Waals surface area contributed by atoms with E-state index in [1.54, 1.807) is 18.2 Å². The molecule has 2 aromatic carbocycles. The summed E-state index contributed by atoms with van der Waals surface area (Å²) in [6.45, 7) is 0. The molecule has 2 aromatic rings. The summed E-state index contributed by atoms with van der Waals surface area (Å²) < 4.78 is 12.7. The van der Waals surface area contributed by atoms with Gasteiger partial charge in [0.15, 0.2) is 0 Å². The van der Waals surface area contributed by atoms with Crippen molar-refractivity contribution in [2.24, 2.45) is 0 Å². The van der Waals surface area contributed by atoms with Crippen LogP contribution >= 0.6 is 23.2 Å². The zero-order valence-corrected chi connectivity index (χ0v) is 12.8. The molecule has 0 bridgehead atoms. The van der Waals surface area contributed by atoms with Crippen LogP contribution in [-0.2, 0) is 10.8 Å². The van der Waals surface area contributed by atoms with Crippen LogP contribution in [0.3, 0.4) is 0 Å². The topological polar surface area (TPSA) is 40.9 Å². The average molecular weight is 324 g/mol. The molecule has 0 saturated carbocycles. The summed E-state index contributed by atoms with van der Waals surface area (Å²) >= 11 is 11.8. The fourth-order valence-electron chi connectivity index (χ4n) is 1.83. The first-order valence-electron chi connectivity index (χ1n) is 5.91. The summed E-state index contributed by atoms with van der Waals surface area (Å²) in [7, 11) is -1.36. The van der Waals surface area contributed by atoms with Gasteiger partial charge in [0.1, 0.15) is 0 Å². The number of benzene rings is 2. The van der Waals surface area contributed by atoms with Crippen LogP contribution in [0.1, 0.15) is 17.2 Å². The first-order chi connectivity index (χ1) is 9.63. The van der Waals surface area contributed by atoms with Gasteiger partial charge in [0, 0.05) is 4.90 Å². The minimum atomic E-state index is -1.36. The highest BCUT2D eigenvalue weighted by Crippen LogP contribution is 2.31. The number of hydrogen-bond donors (Lipinski definition) is 0. The molecule has 20 heavy (non-hydrogen) atoms. The molecule has 0 amide bonds. The Bertz CT molecular complexity index is 667. The number of hydrogen-bond acceptors (Lipinski definition) is 2. The van der Waals surface area contributed by atoms with Crippen molar-refractivity contribution in [2.45, 2.75) is 16.6 Å². The number of halogens is 2. The van der Waals surface area contributed by atoms with Crippen molar-refractivity contribution in [3.63, 3.8) is 0 Å². The lowest BCUT2D eigenvalue weighted by molar-refractivity contribution is 0.672. The Morgan fingerprint density at radius 3 is 2.40 bits per heavy atom. The van der Waals surface area contributed by atoms with Crippen LogP contribution in [0.5, 0.6) is 0 Å². The van der Waals surface area contributed by atoms with Gasteiger partial charge in [0.25, 0.3) is 0 Å². The standard InChI is InChI=1S/C15H11Cl2NOS/c16-13-7-6-12(10-14(13)17)20(19)15(8-9-18)11-4-2-1-3-5-11/h1-7,10,15H,8H2. The zero-order chi connectivity index (χ0) is 14.5. The van der Waals surface area contributed by atoms with Crippen molar-refractivity contribution in [1.29, 1.82) is 5.26 Å². The highest BCUT2D eigenvalue weighted by atomic mass is 35.5. The third kappa shape index (κ3) is 3.40. The molecule has 102 valence electrons. The molecule has 0 radical (unpaired) electrons. The largest absolute Gasteiger partial charge is 0.254 e. The average Bonchev–Trinajstić information content (AvgIpc) is 2.48. The molecule has 2 nitrogen and oxygen atoms in total. The summed E-state index contributed by atoms with van der Waals surface area (Å²) in [5.74, 6) is 0. The van der Waals surface area contributed by atoms with Gasteiger partial charge in [-0.05, 0) is 23.8 Å². The lowest BCUT2D eigenvalue weighted by Gasteiger charge is -2.14. The van der Waals surface area contributed by atoms with E-state index in [9.17, 15) is 4.21 Å². The van der Waals surface area contributed by atoms with E-state index in [-0.39, 0.29) is 11.7 Å². The van der Waals surface area contributed by atoms with Gasteiger partial charge >= 0.3 is 0 Å². The SMILES string of the molecule is N#CCC(c1ccccc1)S(=O)c1ccc(Cl)c(Cl)c1. The summed E-state index contributed by atoms with van der Waals surface area (Å²) in [4.78, 5) is 0.573. The normalized spacial score (nSPS) is 13.4. The van der Waals surface area contributed by atoms with Crippen LogP contribution in [0.15, 0.2) is 53.4 Å². The van der Waals surface area contributed by atoms with Crippen molar-refractivity contribution in [2.75, 3.05) is 0 Å². The second-order valence-corrected chi connectivity index (χ2v) is 6.58. The zero-order valence-electron chi connectivity index (χ0n) is 10.4. The maximum atomic E-state index is 12.7. The quantitative estimate of drug-likeness (QED) is 0.814. The van der Waals surface area contributed by atoms with E-state index >= 15 is 0 Å². The summed E-state index contributed by atoms with van der Waals surface area (Å²) in [6, 6.07) is 16.3. The second kappa shape index (κ2) is 6.90. The first kappa shape index (κ1) is 15.1. The van der Waals surface area contributed by atoms with E-state index in [4.69, 9.17) is 28.5 Å². The molecule has 0 aromatic heterocycles. The molecule has 0 spiro atoms. The molecule has 5 heteroatoms. The van der Waals surface area contributed by atoms with E-state index in [1.807, 2.05) is 30.3 Å². The molecule has 0 aliphatic rings. The highest BCUT2D eigenvalue weighted by molar-refractivity contribution is 7.85. The van der Waals surface area contributed by atoms with Gasteiger partial charge in [-0.25, -0.2) is 0 Å². The van der Waals surface area contributed by atoms with Gasteiger partial charge in [-0.15, -0.1) is 0 Å². The predicted molar refractivity (Wildman–Crippen MR) is 82.3 cm³/mol. The molecule has 0 fully saturated rings. The summed E-state index contributed by atoms with van der Waals surface area (Å²) in [6.07, 6.45) is 0.177. The highest BCUT2D eigenvalue weighted by Gasteiger charge is 2.20. The second-order valence-electron chi connectivity index (χ2n) is 4.13. The van der Waals surface area contributed by atoms with Gasteiger partial charge < -0.3 is 0 Å². The molecular weight excluding hydrogens is 313 g/mol. The van der Waals surface area contributed by atoms with Gasteiger partial charge in [0.2, 0.25) is 0 Å². The van der Waals surface area contributed by atoms with Crippen LogP contribution in [0.4, 0.5) is 0 Å². The molecule has 0 aliphatic carbocycles. The van der Waals surface area contributed by atoms with E-state index < -0.39 is 10.8 Å². The Hall–Kier alpha value is -1.34. The molecule has 0 aliphatic heterocycles. The predicted octanol–water partition coefficient (Wildman–Crippen LogP) is 4.76. The Kier molecular flexibility index (Phi) is 5.19. The van der Waals surface area contributed by atoms with Crippen molar-refractivity contribution in [1.82, 2.24) is 0 Å². The minimum absolute atomic E-state index is 0.177. The fraction of sp³-hybridized carbons (Fsp3) is 0.133. The van der Waals surface area contributed by atoms with Crippen LogP contribution in [-0.4, -0.2) is 4.21 Å². The van der Waals surface area contributed by atoms with Crippen molar-refractivity contribution in [3.8, 4) is 6.07 Å². The smallest absolute Gasteiger partial charge is 0.0773 e. The van der Waals surface area contributed by atoms with E-state index in [0.717, 1.165) is 5.56 Å². The maximum absolute atomic E-state index is 12.7. The van der Waals surface area contributed by atoms with Crippen LogP contribution in [0, 0.1) is 11.3 Å². The number of nitrogens with zero attached hydrogens (tertiary/aromatic N) is 1. The lowest BCUT2D eigenvalue weighted by Crippen LogP contribution is -2.06. The van der Waals surface area contributed by atoms with Gasteiger partial charge in [-0.2, -0.15) is 5.26 Å². The van der Waals surface area contributed by atoms with Crippen LogP contribution in [0.2, 0.25) is 10.0 Å². The van der Waals surface area contributed by atoms with Gasteiger partial charge in [0.05, 0.1) is 38.6 Å². The van der Waals surface area contributed by atoms with Crippen molar-refractivity contribution in [3.05, 3.63) is 64.1 Å². The maximum Gasteiger partial charge on any atom is 0.0773 e. The van der Waals surface area contributed by atoms with Crippen molar-refractivity contribution < 1.29 is 4.21 Å². The summed E-state index contributed by atoms with van der Waals surface area (Å²) in [5, 5.41) is 9.37.